The van der Waals surface area contributed by atoms with Crippen LogP contribution in [0.2, 0.25) is 0 Å². The lowest BCUT2D eigenvalue weighted by molar-refractivity contribution is 1.07. The van der Waals surface area contributed by atoms with Crippen molar-refractivity contribution >= 4 is 10.8 Å². The molecule has 8 rings (SSSR count). The highest BCUT2D eigenvalue weighted by Crippen LogP contribution is 2.34. The van der Waals surface area contributed by atoms with Gasteiger partial charge in [-0.05, 0) is 68.4 Å². The van der Waals surface area contributed by atoms with Crippen molar-refractivity contribution in [3.05, 3.63) is 175 Å². The van der Waals surface area contributed by atoms with Crippen molar-refractivity contribution in [3.8, 4) is 79.7 Å². The van der Waals surface area contributed by atoms with Crippen LogP contribution in [0, 0.1) is 22.7 Å². The maximum Gasteiger partial charge on any atom is 0.164 e. The zero-order valence-electron chi connectivity index (χ0n) is 26.8. The minimum atomic E-state index is 0.475. The second-order valence-electron chi connectivity index (χ2n) is 12.0. The third kappa shape index (κ3) is 6.00. The number of fused-ring (bicyclic) bond motifs is 1. The van der Waals surface area contributed by atoms with Crippen molar-refractivity contribution in [2.45, 2.75) is 0 Å². The number of nitrogens with zero attached hydrogens (tertiary/aromatic N) is 5. The van der Waals surface area contributed by atoms with Gasteiger partial charge in [-0.2, -0.15) is 10.5 Å². The summed E-state index contributed by atoms with van der Waals surface area (Å²) in [6, 6.07) is 59.1. The Kier molecular flexibility index (Phi) is 7.91. The van der Waals surface area contributed by atoms with Gasteiger partial charge >= 0.3 is 0 Å². The molecular weight excluding hydrogens is 611 g/mol. The molecule has 0 aliphatic heterocycles. The molecule has 0 aliphatic rings. The zero-order valence-corrected chi connectivity index (χ0v) is 26.8. The lowest BCUT2D eigenvalue weighted by Gasteiger charge is -2.11. The molecule has 232 valence electrons. The highest BCUT2D eigenvalue weighted by Gasteiger charge is 2.13. The molecule has 1 aromatic heterocycles. The first-order chi connectivity index (χ1) is 24.6. The summed E-state index contributed by atoms with van der Waals surface area (Å²) in [5, 5.41) is 21.1. The summed E-state index contributed by atoms with van der Waals surface area (Å²) in [7, 11) is 0. The van der Waals surface area contributed by atoms with Crippen LogP contribution in [-0.4, -0.2) is 15.0 Å². The average molecular weight is 638 g/mol. The third-order valence-corrected chi connectivity index (χ3v) is 8.78. The molecule has 0 bridgehead atoms. The van der Waals surface area contributed by atoms with Gasteiger partial charge in [0.25, 0.3) is 0 Å². The third-order valence-electron chi connectivity index (χ3n) is 8.78. The number of rotatable bonds is 6. The maximum absolute atomic E-state index is 9.38. The number of hydrogen-bond donors (Lipinski definition) is 0. The van der Waals surface area contributed by atoms with E-state index in [0.29, 0.717) is 28.6 Å². The van der Waals surface area contributed by atoms with Crippen LogP contribution in [0.1, 0.15) is 11.1 Å². The van der Waals surface area contributed by atoms with Crippen molar-refractivity contribution in [2.75, 3.05) is 0 Å². The van der Waals surface area contributed by atoms with Gasteiger partial charge in [0.05, 0.1) is 23.3 Å². The monoisotopic (exact) mass is 637 g/mol. The van der Waals surface area contributed by atoms with E-state index in [9.17, 15) is 10.5 Å². The summed E-state index contributed by atoms with van der Waals surface area (Å²) in [4.78, 5) is 14.6. The molecule has 0 unspecified atom stereocenters. The molecular formula is C45H27N5. The van der Waals surface area contributed by atoms with E-state index in [-0.39, 0.29) is 0 Å². The molecule has 5 heteroatoms. The molecule has 0 spiro atoms. The topological polar surface area (TPSA) is 86.2 Å². The highest BCUT2D eigenvalue weighted by atomic mass is 15.0. The van der Waals surface area contributed by atoms with Crippen molar-refractivity contribution in [1.29, 1.82) is 10.5 Å². The lowest BCUT2D eigenvalue weighted by atomic mass is 9.94. The molecule has 8 aromatic rings. The summed E-state index contributed by atoms with van der Waals surface area (Å²) in [6.07, 6.45) is 0. The molecule has 0 fully saturated rings. The molecule has 0 atom stereocenters. The normalized spacial score (nSPS) is 10.8. The minimum Gasteiger partial charge on any atom is -0.208 e. The predicted molar refractivity (Wildman–Crippen MR) is 199 cm³/mol. The molecule has 5 nitrogen and oxygen atoms in total. The zero-order chi connectivity index (χ0) is 33.9. The van der Waals surface area contributed by atoms with Gasteiger partial charge in [0.15, 0.2) is 17.5 Å². The fraction of sp³-hybridized carbons (Fsp3) is 0. The van der Waals surface area contributed by atoms with E-state index in [2.05, 4.69) is 84.9 Å². The second kappa shape index (κ2) is 13.1. The summed E-state index contributed by atoms with van der Waals surface area (Å²) >= 11 is 0. The van der Waals surface area contributed by atoms with Crippen LogP contribution < -0.4 is 0 Å². The van der Waals surface area contributed by atoms with E-state index >= 15 is 0 Å². The Labute approximate surface area is 290 Å². The van der Waals surface area contributed by atoms with E-state index in [1.165, 1.54) is 0 Å². The van der Waals surface area contributed by atoms with Gasteiger partial charge in [-0.3, -0.25) is 0 Å². The number of benzene rings is 7. The fourth-order valence-electron chi connectivity index (χ4n) is 6.23. The Balaban J connectivity index is 1.10. The molecule has 0 N–H and O–H groups in total. The van der Waals surface area contributed by atoms with Crippen molar-refractivity contribution in [2.24, 2.45) is 0 Å². The quantitative estimate of drug-likeness (QED) is 0.181. The van der Waals surface area contributed by atoms with Gasteiger partial charge < -0.3 is 0 Å². The van der Waals surface area contributed by atoms with Crippen LogP contribution in [0.4, 0.5) is 0 Å². The van der Waals surface area contributed by atoms with Gasteiger partial charge in [0, 0.05) is 16.7 Å². The molecule has 0 aliphatic carbocycles. The Hall–Kier alpha value is -7.21. The largest absolute Gasteiger partial charge is 0.208 e. The van der Waals surface area contributed by atoms with Crippen LogP contribution in [0.3, 0.4) is 0 Å². The van der Waals surface area contributed by atoms with Crippen LogP contribution >= 0.6 is 0 Å². The smallest absolute Gasteiger partial charge is 0.164 e. The maximum atomic E-state index is 9.38. The molecule has 7 aromatic carbocycles. The number of aromatic nitrogens is 3. The van der Waals surface area contributed by atoms with E-state index in [0.717, 1.165) is 60.8 Å². The van der Waals surface area contributed by atoms with E-state index in [4.69, 9.17) is 15.0 Å². The van der Waals surface area contributed by atoms with Crippen LogP contribution in [-0.2, 0) is 0 Å². The van der Waals surface area contributed by atoms with Crippen LogP contribution in [0.15, 0.2) is 164 Å². The first-order valence-corrected chi connectivity index (χ1v) is 16.2. The van der Waals surface area contributed by atoms with Crippen molar-refractivity contribution in [1.82, 2.24) is 15.0 Å². The predicted octanol–water partition coefficient (Wildman–Crippen LogP) is 10.8. The first-order valence-electron chi connectivity index (χ1n) is 16.2. The lowest BCUT2D eigenvalue weighted by Crippen LogP contribution is -2.00. The molecule has 0 amide bonds. The Morgan fingerprint density at radius 1 is 0.340 bits per heavy atom. The standard InChI is InChI=1S/C45H27N5/c46-28-30-24-31(29-47)26-40(25-30)33-16-14-32(15-17-33)38-22-23-42-39(27-38)12-7-13-41(42)34-18-20-37(21-19-34)45-49-43(35-8-3-1-4-9-35)48-44(50-45)36-10-5-2-6-11-36/h1-27H. The summed E-state index contributed by atoms with van der Waals surface area (Å²) in [5.74, 6) is 1.90. The van der Waals surface area contributed by atoms with Crippen molar-refractivity contribution in [3.63, 3.8) is 0 Å². The Bertz CT molecular complexity index is 2490. The Morgan fingerprint density at radius 2 is 0.800 bits per heavy atom. The van der Waals surface area contributed by atoms with E-state index in [1.54, 1.807) is 6.07 Å². The first kappa shape index (κ1) is 30.1. The van der Waals surface area contributed by atoms with Crippen LogP contribution in [0.25, 0.3) is 78.3 Å². The summed E-state index contributed by atoms with van der Waals surface area (Å²) < 4.78 is 0. The highest BCUT2D eigenvalue weighted by molar-refractivity contribution is 5.99. The summed E-state index contributed by atoms with van der Waals surface area (Å²) in [5.41, 5.74) is 10.0. The average Bonchev–Trinajstić information content (AvgIpc) is 3.20. The summed E-state index contributed by atoms with van der Waals surface area (Å²) in [6.45, 7) is 0. The molecule has 50 heavy (non-hydrogen) atoms. The van der Waals surface area contributed by atoms with E-state index < -0.39 is 0 Å². The molecule has 0 saturated carbocycles. The van der Waals surface area contributed by atoms with Gasteiger partial charge in [-0.15, -0.1) is 0 Å². The second-order valence-corrected chi connectivity index (χ2v) is 12.0. The molecule has 1 heterocycles. The Morgan fingerprint density at radius 3 is 1.34 bits per heavy atom. The fourth-order valence-corrected chi connectivity index (χ4v) is 6.23. The number of nitriles is 2. The van der Waals surface area contributed by atoms with Gasteiger partial charge in [0.2, 0.25) is 0 Å². The molecule has 0 saturated heterocycles. The minimum absolute atomic E-state index is 0.475. The number of hydrogen-bond acceptors (Lipinski definition) is 5. The van der Waals surface area contributed by atoms with Gasteiger partial charge in [-0.25, -0.2) is 15.0 Å². The van der Waals surface area contributed by atoms with Gasteiger partial charge in [0.1, 0.15) is 0 Å². The van der Waals surface area contributed by atoms with Crippen molar-refractivity contribution < 1.29 is 0 Å². The molecule has 0 radical (unpaired) electrons. The van der Waals surface area contributed by atoms with E-state index in [1.807, 2.05) is 84.9 Å². The van der Waals surface area contributed by atoms with Gasteiger partial charge in [-0.1, -0.05) is 140 Å². The van der Waals surface area contributed by atoms with Crippen LogP contribution in [0.5, 0.6) is 0 Å². The SMILES string of the molecule is N#Cc1cc(C#N)cc(-c2ccc(-c3ccc4c(-c5ccc(-c6nc(-c7ccccc7)nc(-c7ccccc7)n6)cc5)cccc4c3)cc2)c1.